The number of benzene rings is 2. The van der Waals surface area contributed by atoms with Gasteiger partial charge >= 0.3 is 0 Å². The molecular formula is C16H19NO4. The van der Waals surface area contributed by atoms with Crippen molar-refractivity contribution in [2.45, 2.75) is 12.7 Å². The summed E-state index contributed by atoms with van der Waals surface area (Å²) in [7, 11) is 1.56. The molecule has 0 saturated carbocycles. The zero-order valence-corrected chi connectivity index (χ0v) is 12.1. The largest absolute Gasteiger partial charge is 0.497 e. The van der Waals surface area contributed by atoms with Gasteiger partial charge in [0, 0.05) is 5.56 Å². The molecule has 0 bridgehead atoms. The van der Waals surface area contributed by atoms with Gasteiger partial charge in [0.25, 0.3) is 0 Å². The number of methoxy groups -OCH3 is 1. The van der Waals surface area contributed by atoms with Gasteiger partial charge < -0.3 is 20.3 Å². The summed E-state index contributed by atoms with van der Waals surface area (Å²) in [5, 5.41) is 24.9. The van der Waals surface area contributed by atoms with E-state index in [4.69, 9.17) is 4.74 Å². The average molecular weight is 289 g/mol. The van der Waals surface area contributed by atoms with Gasteiger partial charge in [0.15, 0.2) is 0 Å². The molecule has 0 saturated heterocycles. The van der Waals surface area contributed by atoms with Crippen LogP contribution < -0.4 is 10.1 Å². The second-order valence-corrected chi connectivity index (χ2v) is 5.01. The summed E-state index contributed by atoms with van der Waals surface area (Å²) in [6, 6.07) is 10.7. The van der Waals surface area contributed by atoms with E-state index in [1.54, 1.807) is 25.3 Å². The van der Waals surface area contributed by atoms with Crippen LogP contribution in [0.3, 0.4) is 0 Å². The van der Waals surface area contributed by atoms with Crippen molar-refractivity contribution < 1.29 is 19.7 Å². The number of ether oxygens (including phenoxy) is 1. The van der Waals surface area contributed by atoms with Crippen molar-refractivity contribution in [3.05, 3.63) is 42.0 Å². The van der Waals surface area contributed by atoms with E-state index in [1.807, 2.05) is 18.2 Å². The zero-order chi connectivity index (χ0) is 15.5. The molecule has 2 aromatic carbocycles. The Balaban J connectivity index is 2.37. The fraction of sp³-hybridized carbons (Fsp3) is 0.312. The van der Waals surface area contributed by atoms with Crippen LogP contribution >= 0.6 is 0 Å². The van der Waals surface area contributed by atoms with Crippen LogP contribution in [0.25, 0.3) is 10.8 Å². The van der Waals surface area contributed by atoms with Crippen molar-refractivity contribution in [2.24, 2.45) is 0 Å². The van der Waals surface area contributed by atoms with Crippen molar-refractivity contribution in [3.63, 3.8) is 0 Å². The highest BCUT2D eigenvalue weighted by atomic mass is 16.5. The van der Waals surface area contributed by atoms with Crippen LogP contribution in [-0.4, -0.2) is 36.2 Å². The molecule has 112 valence electrons. The second kappa shape index (κ2) is 6.22. The minimum absolute atomic E-state index is 0.0645. The maximum Gasteiger partial charge on any atom is 0.203 e. The Morgan fingerprint density at radius 3 is 2.71 bits per heavy atom. The van der Waals surface area contributed by atoms with Gasteiger partial charge in [0.05, 0.1) is 20.2 Å². The van der Waals surface area contributed by atoms with Crippen LogP contribution in [-0.2, 0) is 10.6 Å². The van der Waals surface area contributed by atoms with Gasteiger partial charge in [-0.2, -0.15) is 0 Å². The Morgan fingerprint density at radius 1 is 1.29 bits per heavy atom. The molecule has 0 aliphatic carbocycles. The molecule has 0 unspecified atom stereocenters. The molecule has 2 rings (SSSR count). The fourth-order valence-electron chi connectivity index (χ4n) is 2.24. The summed E-state index contributed by atoms with van der Waals surface area (Å²) in [6.45, 7) is 1.39. The fourth-order valence-corrected chi connectivity index (χ4v) is 2.24. The Kier molecular flexibility index (Phi) is 4.57. The van der Waals surface area contributed by atoms with Crippen molar-refractivity contribution in [1.82, 2.24) is 5.32 Å². The van der Waals surface area contributed by atoms with Crippen LogP contribution in [0.5, 0.6) is 5.75 Å². The number of hydrogen-bond acceptors (Lipinski definition) is 5. The first-order valence-electron chi connectivity index (χ1n) is 6.66. The summed E-state index contributed by atoms with van der Waals surface area (Å²) < 4.78 is 5.18. The second-order valence-electron chi connectivity index (χ2n) is 5.01. The SMILES string of the molecule is COc1ccc2cccc(C(O)(O)CNCC(C)=O)c2c1. The number of carbonyl (C=O) groups is 1. The maximum atomic E-state index is 10.9. The smallest absolute Gasteiger partial charge is 0.203 e. The highest BCUT2D eigenvalue weighted by Crippen LogP contribution is 2.29. The van der Waals surface area contributed by atoms with Crippen LogP contribution in [0.15, 0.2) is 36.4 Å². The molecule has 5 heteroatoms. The average Bonchev–Trinajstić information content (AvgIpc) is 2.45. The molecule has 3 N–H and O–H groups in total. The van der Waals surface area contributed by atoms with Gasteiger partial charge in [-0.15, -0.1) is 0 Å². The molecule has 0 amide bonds. The first-order valence-corrected chi connectivity index (χ1v) is 6.66. The van der Waals surface area contributed by atoms with Gasteiger partial charge in [0.2, 0.25) is 5.79 Å². The van der Waals surface area contributed by atoms with E-state index in [-0.39, 0.29) is 18.9 Å². The van der Waals surface area contributed by atoms with E-state index in [2.05, 4.69) is 5.32 Å². The normalized spacial score (nSPS) is 11.6. The third kappa shape index (κ3) is 3.58. The molecule has 0 radical (unpaired) electrons. The minimum Gasteiger partial charge on any atom is -0.497 e. The van der Waals surface area contributed by atoms with E-state index in [1.165, 1.54) is 6.92 Å². The molecular weight excluding hydrogens is 270 g/mol. The maximum absolute atomic E-state index is 10.9. The lowest BCUT2D eigenvalue weighted by atomic mass is 9.97. The molecule has 0 aliphatic heterocycles. The first kappa shape index (κ1) is 15.4. The van der Waals surface area contributed by atoms with E-state index < -0.39 is 5.79 Å². The first-order chi connectivity index (χ1) is 9.94. The monoisotopic (exact) mass is 289 g/mol. The van der Waals surface area contributed by atoms with Crippen LogP contribution in [0, 0.1) is 0 Å². The van der Waals surface area contributed by atoms with E-state index in [9.17, 15) is 15.0 Å². The molecule has 0 aliphatic rings. The molecule has 0 aromatic heterocycles. The molecule has 0 heterocycles. The topological polar surface area (TPSA) is 78.8 Å². The van der Waals surface area contributed by atoms with E-state index >= 15 is 0 Å². The van der Waals surface area contributed by atoms with Gasteiger partial charge in [-0.3, -0.25) is 4.79 Å². The number of rotatable bonds is 6. The quantitative estimate of drug-likeness (QED) is 0.696. The summed E-state index contributed by atoms with van der Waals surface area (Å²) >= 11 is 0. The number of ketones is 1. The number of carbonyl (C=O) groups excluding carboxylic acids is 1. The number of Topliss-reactive ketones (excluding diaryl/α,β-unsaturated/α-hetero) is 1. The summed E-state index contributed by atoms with van der Waals surface area (Å²) in [4.78, 5) is 10.9. The Morgan fingerprint density at radius 2 is 2.05 bits per heavy atom. The van der Waals surface area contributed by atoms with Gasteiger partial charge in [0.1, 0.15) is 11.5 Å². The lowest BCUT2D eigenvalue weighted by molar-refractivity contribution is -0.164. The predicted octanol–water partition coefficient (Wildman–Crippen LogP) is 1.16. The lowest BCUT2D eigenvalue weighted by Gasteiger charge is -2.24. The molecule has 0 spiro atoms. The van der Waals surface area contributed by atoms with Crippen molar-refractivity contribution in [2.75, 3.05) is 20.2 Å². The Labute approximate surface area is 123 Å². The summed E-state index contributed by atoms with van der Waals surface area (Å²) in [5.41, 5.74) is 0.370. The van der Waals surface area contributed by atoms with Gasteiger partial charge in [-0.1, -0.05) is 24.3 Å². The number of hydrogen-bond donors (Lipinski definition) is 3. The van der Waals surface area contributed by atoms with Gasteiger partial charge in [-0.05, 0) is 29.8 Å². The van der Waals surface area contributed by atoms with Crippen LogP contribution in [0.2, 0.25) is 0 Å². The predicted molar refractivity (Wildman–Crippen MR) is 80.2 cm³/mol. The summed E-state index contributed by atoms with van der Waals surface area (Å²) in [5.74, 6) is -1.49. The van der Waals surface area contributed by atoms with Crippen LogP contribution in [0.1, 0.15) is 12.5 Å². The summed E-state index contributed by atoms with van der Waals surface area (Å²) in [6.07, 6.45) is 0. The highest BCUT2D eigenvalue weighted by Gasteiger charge is 2.27. The molecule has 0 atom stereocenters. The molecule has 21 heavy (non-hydrogen) atoms. The molecule has 0 fully saturated rings. The van der Waals surface area contributed by atoms with E-state index in [0.29, 0.717) is 16.7 Å². The van der Waals surface area contributed by atoms with Gasteiger partial charge in [-0.25, -0.2) is 0 Å². The lowest BCUT2D eigenvalue weighted by Crippen LogP contribution is -2.39. The minimum atomic E-state index is -2.07. The zero-order valence-electron chi connectivity index (χ0n) is 12.1. The standard InChI is InChI=1S/C16H19NO4/c1-11(18)9-17-10-16(19,20)15-5-3-4-12-6-7-13(21-2)8-14(12)15/h3-8,17,19-20H,9-10H2,1-2H3. The van der Waals surface area contributed by atoms with Crippen molar-refractivity contribution >= 4 is 16.6 Å². The number of nitrogens with one attached hydrogen (secondary N) is 1. The third-order valence-electron chi connectivity index (χ3n) is 3.27. The van der Waals surface area contributed by atoms with Crippen molar-refractivity contribution in [3.8, 4) is 5.75 Å². The molecule has 2 aromatic rings. The number of fused-ring (bicyclic) bond motifs is 1. The third-order valence-corrected chi connectivity index (χ3v) is 3.27. The number of aliphatic hydroxyl groups is 2. The Bertz CT molecular complexity index is 652. The highest BCUT2D eigenvalue weighted by molar-refractivity contribution is 5.87. The molecule has 5 nitrogen and oxygen atoms in total. The Hall–Kier alpha value is -1.95. The van der Waals surface area contributed by atoms with Crippen molar-refractivity contribution in [1.29, 1.82) is 0 Å². The van der Waals surface area contributed by atoms with Crippen LogP contribution in [0.4, 0.5) is 0 Å². The van der Waals surface area contributed by atoms with E-state index in [0.717, 1.165) is 5.39 Å².